The summed E-state index contributed by atoms with van der Waals surface area (Å²) in [6.07, 6.45) is 3.78. The largest absolute Gasteiger partial charge is 0.493 e. The fraction of sp³-hybridized carbons (Fsp3) is 0.200. The van der Waals surface area contributed by atoms with Crippen molar-refractivity contribution in [1.82, 2.24) is 5.32 Å². The average Bonchev–Trinajstić information content (AvgIpc) is 2.76. The highest BCUT2D eigenvalue weighted by Crippen LogP contribution is 2.29. The number of hydrogen-bond acceptors (Lipinski definition) is 5. The Bertz CT molecular complexity index is 650. The molecule has 0 aliphatic carbocycles. The lowest BCUT2D eigenvalue weighted by atomic mass is 10.1. The number of allylic oxidation sites excluding steroid dienone is 2. The highest BCUT2D eigenvalue weighted by molar-refractivity contribution is 8.26. The van der Waals surface area contributed by atoms with E-state index in [-0.39, 0.29) is 5.91 Å². The second kappa shape index (κ2) is 6.78. The molecule has 21 heavy (non-hydrogen) atoms. The van der Waals surface area contributed by atoms with E-state index in [1.165, 1.54) is 11.8 Å². The van der Waals surface area contributed by atoms with Crippen LogP contribution >= 0.6 is 24.0 Å². The summed E-state index contributed by atoms with van der Waals surface area (Å²) in [7, 11) is 3.20. The van der Waals surface area contributed by atoms with E-state index in [4.69, 9.17) is 21.7 Å². The summed E-state index contributed by atoms with van der Waals surface area (Å²) in [6, 6.07) is 5.65. The summed E-state index contributed by atoms with van der Waals surface area (Å²) in [5.41, 5.74) is 1.91. The molecule has 1 aromatic carbocycles. The van der Waals surface area contributed by atoms with Gasteiger partial charge < -0.3 is 14.8 Å². The number of rotatable bonds is 4. The third-order valence-corrected chi connectivity index (χ3v) is 3.97. The van der Waals surface area contributed by atoms with Crippen LogP contribution in [0.3, 0.4) is 0 Å². The minimum atomic E-state index is -0.148. The third kappa shape index (κ3) is 3.86. The van der Waals surface area contributed by atoms with Crippen LogP contribution in [0, 0.1) is 0 Å². The first kappa shape index (κ1) is 15.6. The van der Waals surface area contributed by atoms with E-state index < -0.39 is 0 Å². The topological polar surface area (TPSA) is 47.6 Å². The standard InChI is InChI=1S/C15H15NO3S2/c1-9(7-13-14(17)16-15(20)21-13)6-10-4-5-11(18-2)12(8-10)19-3/h4-8H,1-3H3,(H,16,17,20). The molecule has 1 heterocycles. The Balaban J connectivity index is 2.25. The van der Waals surface area contributed by atoms with Crippen LogP contribution in [0.25, 0.3) is 6.08 Å². The molecule has 1 aliphatic heterocycles. The van der Waals surface area contributed by atoms with E-state index in [9.17, 15) is 4.79 Å². The van der Waals surface area contributed by atoms with Gasteiger partial charge in [-0.1, -0.05) is 36.1 Å². The molecule has 0 radical (unpaired) electrons. The van der Waals surface area contributed by atoms with Crippen LogP contribution in [0.5, 0.6) is 11.5 Å². The number of ether oxygens (including phenoxy) is 2. The molecule has 1 saturated heterocycles. The Morgan fingerprint density at radius 3 is 2.57 bits per heavy atom. The van der Waals surface area contributed by atoms with E-state index in [2.05, 4.69) is 5.32 Å². The average molecular weight is 321 g/mol. The predicted octanol–water partition coefficient (Wildman–Crippen LogP) is 3.14. The van der Waals surface area contributed by atoms with Crippen molar-refractivity contribution in [2.45, 2.75) is 6.92 Å². The lowest BCUT2D eigenvalue weighted by molar-refractivity contribution is -0.115. The molecule has 1 aliphatic rings. The highest BCUT2D eigenvalue weighted by Gasteiger charge is 2.21. The lowest BCUT2D eigenvalue weighted by Gasteiger charge is -2.08. The zero-order chi connectivity index (χ0) is 15.4. The van der Waals surface area contributed by atoms with Crippen molar-refractivity contribution in [3.8, 4) is 11.5 Å². The van der Waals surface area contributed by atoms with Gasteiger partial charge in [-0.15, -0.1) is 0 Å². The quantitative estimate of drug-likeness (QED) is 0.682. The molecule has 0 saturated carbocycles. The first-order valence-corrected chi connectivity index (χ1v) is 7.41. The second-order valence-corrected chi connectivity index (χ2v) is 6.07. The number of carbonyl (C=O) groups excluding carboxylic acids is 1. The Morgan fingerprint density at radius 1 is 1.29 bits per heavy atom. The van der Waals surface area contributed by atoms with Crippen molar-refractivity contribution >= 4 is 40.3 Å². The molecule has 1 N–H and O–H groups in total. The molecule has 6 heteroatoms. The summed E-state index contributed by atoms with van der Waals surface area (Å²) in [5, 5.41) is 2.59. The van der Waals surface area contributed by atoms with Crippen molar-refractivity contribution < 1.29 is 14.3 Å². The van der Waals surface area contributed by atoms with Gasteiger partial charge in [0.1, 0.15) is 4.32 Å². The van der Waals surface area contributed by atoms with E-state index in [1.54, 1.807) is 14.2 Å². The first-order chi connectivity index (χ1) is 10.0. The van der Waals surface area contributed by atoms with Gasteiger partial charge in [0.05, 0.1) is 19.1 Å². The third-order valence-electron chi connectivity index (χ3n) is 2.80. The molecule has 1 aromatic rings. The molecule has 110 valence electrons. The Kier molecular flexibility index (Phi) is 5.03. The molecule has 2 rings (SSSR count). The Labute approximate surface area is 133 Å². The van der Waals surface area contributed by atoms with Gasteiger partial charge in [0.25, 0.3) is 5.91 Å². The monoisotopic (exact) mass is 321 g/mol. The molecular formula is C15H15NO3S2. The van der Waals surface area contributed by atoms with Gasteiger partial charge in [-0.05, 0) is 36.3 Å². The number of methoxy groups -OCH3 is 2. The number of thiocarbonyl (C=S) groups is 1. The summed E-state index contributed by atoms with van der Waals surface area (Å²) < 4.78 is 11.0. The molecule has 0 spiro atoms. The molecular weight excluding hydrogens is 306 g/mol. The fourth-order valence-electron chi connectivity index (χ4n) is 1.87. The van der Waals surface area contributed by atoms with Crippen LogP contribution in [0.4, 0.5) is 0 Å². The molecule has 0 bridgehead atoms. The van der Waals surface area contributed by atoms with Crippen LogP contribution in [0.1, 0.15) is 12.5 Å². The maximum atomic E-state index is 11.6. The first-order valence-electron chi connectivity index (χ1n) is 6.18. The smallest absolute Gasteiger partial charge is 0.263 e. The molecule has 1 amide bonds. The van der Waals surface area contributed by atoms with Gasteiger partial charge in [-0.3, -0.25) is 4.79 Å². The Hall–Kier alpha value is -1.79. The number of hydrogen-bond donors (Lipinski definition) is 1. The second-order valence-electron chi connectivity index (χ2n) is 4.36. The lowest BCUT2D eigenvalue weighted by Crippen LogP contribution is -2.17. The van der Waals surface area contributed by atoms with Crippen molar-refractivity contribution in [3.05, 3.63) is 40.3 Å². The fourth-order valence-corrected chi connectivity index (χ4v) is 2.97. The number of benzene rings is 1. The highest BCUT2D eigenvalue weighted by atomic mass is 32.2. The van der Waals surface area contributed by atoms with E-state index in [0.29, 0.717) is 20.7 Å². The molecule has 4 nitrogen and oxygen atoms in total. The van der Waals surface area contributed by atoms with Gasteiger partial charge in [0.15, 0.2) is 11.5 Å². The van der Waals surface area contributed by atoms with Crippen molar-refractivity contribution in [2.75, 3.05) is 14.2 Å². The van der Waals surface area contributed by atoms with Crippen LogP contribution < -0.4 is 14.8 Å². The van der Waals surface area contributed by atoms with Crippen LogP contribution in [-0.4, -0.2) is 24.4 Å². The molecule has 0 atom stereocenters. The van der Waals surface area contributed by atoms with Crippen LogP contribution in [0.15, 0.2) is 34.8 Å². The predicted molar refractivity (Wildman–Crippen MR) is 89.6 cm³/mol. The summed E-state index contributed by atoms with van der Waals surface area (Å²) in [5.74, 6) is 1.20. The number of nitrogens with one attached hydrogen (secondary N) is 1. The van der Waals surface area contributed by atoms with Gasteiger partial charge in [0.2, 0.25) is 0 Å². The van der Waals surface area contributed by atoms with E-state index in [0.717, 1.165) is 11.1 Å². The van der Waals surface area contributed by atoms with Crippen LogP contribution in [0.2, 0.25) is 0 Å². The Morgan fingerprint density at radius 2 is 2.00 bits per heavy atom. The van der Waals surface area contributed by atoms with Crippen molar-refractivity contribution in [1.29, 1.82) is 0 Å². The maximum absolute atomic E-state index is 11.6. The molecule has 1 fully saturated rings. The van der Waals surface area contributed by atoms with E-state index in [1.807, 2.05) is 37.3 Å². The summed E-state index contributed by atoms with van der Waals surface area (Å²) in [6.45, 7) is 1.93. The summed E-state index contributed by atoms with van der Waals surface area (Å²) in [4.78, 5) is 12.2. The zero-order valence-electron chi connectivity index (χ0n) is 11.9. The minimum absolute atomic E-state index is 0.148. The van der Waals surface area contributed by atoms with Crippen molar-refractivity contribution in [3.63, 3.8) is 0 Å². The minimum Gasteiger partial charge on any atom is -0.493 e. The SMILES string of the molecule is COc1ccc(C=C(C)C=C2SC(=S)NC2=O)cc1OC. The van der Waals surface area contributed by atoms with E-state index >= 15 is 0 Å². The van der Waals surface area contributed by atoms with Gasteiger partial charge in [0, 0.05) is 0 Å². The van der Waals surface area contributed by atoms with Crippen LogP contribution in [-0.2, 0) is 4.79 Å². The molecule has 0 aromatic heterocycles. The van der Waals surface area contributed by atoms with Gasteiger partial charge in [-0.25, -0.2) is 0 Å². The van der Waals surface area contributed by atoms with Gasteiger partial charge in [-0.2, -0.15) is 0 Å². The number of carbonyl (C=O) groups is 1. The maximum Gasteiger partial charge on any atom is 0.263 e. The molecule has 0 unspecified atom stereocenters. The number of amides is 1. The normalized spacial score (nSPS) is 17.1. The number of thioether (sulfide) groups is 1. The van der Waals surface area contributed by atoms with Crippen molar-refractivity contribution in [2.24, 2.45) is 0 Å². The van der Waals surface area contributed by atoms with Gasteiger partial charge >= 0.3 is 0 Å². The zero-order valence-corrected chi connectivity index (χ0v) is 13.6. The summed E-state index contributed by atoms with van der Waals surface area (Å²) >= 11 is 6.23.